The smallest absolute Gasteiger partial charge is 0.235 e. The summed E-state index contributed by atoms with van der Waals surface area (Å²) in [5, 5.41) is 0. The van der Waals surface area contributed by atoms with Crippen molar-refractivity contribution in [3.8, 4) is 0 Å². The first-order valence-corrected chi connectivity index (χ1v) is 2.82. The number of hydrazine groups is 1. The monoisotopic (exact) mass is 135 g/mol. The van der Waals surface area contributed by atoms with Gasteiger partial charge in [0.2, 0.25) is 6.29 Å². The zero-order valence-electron chi connectivity index (χ0n) is 5.29. The van der Waals surface area contributed by atoms with Gasteiger partial charge in [0.15, 0.2) is 0 Å². The third-order valence-electron chi connectivity index (χ3n) is 1.19. The molecule has 3 N–H and O–H groups in total. The number of nitrogens with one attached hydrogen (secondary N) is 1. The van der Waals surface area contributed by atoms with Crippen LogP contribution in [0.2, 0.25) is 0 Å². The van der Waals surface area contributed by atoms with E-state index < -0.39 is 0 Å². The molecule has 0 aromatic heterocycles. The molecule has 0 bridgehead atoms. The Morgan fingerprint density at radius 1 is 1.40 bits per heavy atom. The third kappa shape index (κ3) is 1.14. The van der Waals surface area contributed by atoms with Crippen molar-refractivity contribution < 1.29 is 4.79 Å². The molecule has 0 aliphatic heterocycles. The van der Waals surface area contributed by atoms with E-state index in [9.17, 15) is 4.79 Å². The molecule has 3 nitrogen and oxygen atoms in total. The van der Waals surface area contributed by atoms with Crippen molar-refractivity contribution in [3.05, 3.63) is 29.8 Å². The summed E-state index contributed by atoms with van der Waals surface area (Å²) in [6.07, 6.45) is 1.75. The van der Waals surface area contributed by atoms with Crippen molar-refractivity contribution in [2.45, 2.75) is 0 Å². The molecule has 1 aromatic rings. The minimum Gasteiger partial charge on any atom is -0.323 e. The van der Waals surface area contributed by atoms with Crippen LogP contribution in [0.25, 0.3) is 0 Å². The minimum atomic E-state index is 0.449. The van der Waals surface area contributed by atoms with Gasteiger partial charge in [-0.05, 0) is 12.1 Å². The van der Waals surface area contributed by atoms with Crippen LogP contribution < -0.4 is 11.3 Å². The SMILES string of the molecule is NNc1ccccc1[C]=O. The Hall–Kier alpha value is -1.35. The second-order valence-corrected chi connectivity index (χ2v) is 1.79. The summed E-state index contributed by atoms with van der Waals surface area (Å²) in [6, 6.07) is 6.89. The topological polar surface area (TPSA) is 55.1 Å². The maximum absolute atomic E-state index is 10.2. The van der Waals surface area contributed by atoms with Gasteiger partial charge in [0.25, 0.3) is 0 Å². The predicted octanol–water partition coefficient (Wildman–Crippen LogP) is 0.430. The third-order valence-corrected chi connectivity index (χ3v) is 1.19. The lowest BCUT2D eigenvalue weighted by Gasteiger charge is -1.99. The molecule has 0 heterocycles. The maximum atomic E-state index is 10.2. The molecule has 0 fully saturated rings. The Kier molecular flexibility index (Phi) is 2.02. The molecular formula is C7H7N2O. The summed E-state index contributed by atoms with van der Waals surface area (Å²) in [6.45, 7) is 0. The summed E-state index contributed by atoms with van der Waals surface area (Å²) in [7, 11) is 0. The van der Waals surface area contributed by atoms with Gasteiger partial charge >= 0.3 is 0 Å². The van der Waals surface area contributed by atoms with Crippen LogP contribution in [0, 0.1) is 0 Å². The molecule has 0 aliphatic rings. The maximum Gasteiger partial charge on any atom is 0.235 e. The number of carbonyl (C=O) groups excluding carboxylic acids is 1. The number of hydrogen-bond donors (Lipinski definition) is 2. The molecule has 0 saturated heterocycles. The van der Waals surface area contributed by atoms with Crippen molar-refractivity contribution in [1.29, 1.82) is 0 Å². The van der Waals surface area contributed by atoms with Gasteiger partial charge in [0.1, 0.15) is 0 Å². The Balaban J connectivity index is 3.08. The van der Waals surface area contributed by atoms with E-state index in [1.807, 2.05) is 0 Å². The van der Waals surface area contributed by atoms with Crippen molar-refractivity contribution in [2.75, 3.05) is 5.43 Å². The van der Waals surface area contributed by atoms with Gasteiger partial charge < -0.3 is 5.43 Å². The van der Waals surface area contributed by atoms with Crippen molar-refractivity contribution in [2.24, 2.45) is 5.84 Å². The van der Waals surface area contributed by atoms with Gasteiger partial charge in [-0.3, -0.25) is 10.6 Å². The first-order valence-electron chi connectivity index (χ1n) is 2.82. The highest BCUT2D eigenvalue weighted by Crippen LogP contribution is 2.09. The van der Waals surface area contributed by atoms with Crippen LogP contribution in [-0.2, 0) is 4.79 Å². The van der Waals surface area contributed by atoms with E-state index >= 15 is 0 Å². The summed E-state index contributed by atoms with van der Waals surface area (Å²) in [4.78, 5) is 10.2. The zero-order valence-corrected chi connectivity index (χ0v) is 5.29. The summed E-state index contributed by atoms with van der Waals surface area (Å²) >= 11 is 0. The molecule has 0 aliphatic carbocycles. The number of anilines is 1. The van der Waals surface area contributed by atoms with Gasteiger partial charge in [-0.15, -0.1) is 0 Å². The molecule has 1 rings (SSSR count). The predicted molar refractivity (Wildman–Crippen MR) is 39.0 cm³/mol. The van der Waals surface area contributed by atoms with Gasteiger partial charge in [-0.1, -0.05) is 12.1 Å². The van der Waals surface area contributed by atoms with Crippen LogP contribution >= 0.6 is 0 Å². The first-order chi connectivity index (χ1) is 4.88. The van der Waals surface area contributed by atoms with E-state index in [-0.39, 0.29) is 0 Å². The Bertz CT molecular complexity index is 235. The number of para-hydroxylation sites is 1. The number of rotatable bonds is 2. The molecule has 1 aromatic carbocycles. The second-order valence-electron chi connectivity index (χ2n) is 1.79. The summed E-state index contributed by atoms with van der Waals surface area (Å²) < 4.78 is 0. The first kappa shape index (κ1) is 6.77. The standard InChI is InChI=1S/C7H7N2O/c8-9-7-4-2-1-3-6(7)5-10/h1-4,9H,8H2. The average molecular weight is 135 g/mol. The number of nitrogen functional groups attached to an aromatic ring is 1. The van der Waals surface area contributed by atoms with Gasteiger partial charge in [-0.2, -0.15) is 0 Å². The summed E-state index contributed by atoms with van der Waals surface area (Å²) in [5.41, 5.74) is 3.43. The molecule has 0 amide bonds. The van der Waals surface area contributed by atoms with Crippen LogP contribution in [0.4, 0.5) is 5.69 Å². The molecule has 10 heavy (non-hydrogen) atoms. The number of nitrogens with two attached hydrogens (primary N) is 1. The van der Waals surface area contributed by atoms with Gasteiger partial charge in [0.05, 0.1) is 11.3 Å². The lowest BCUT2D eigenvalue weighted by Crippen LogP contribution is -2.08. The lowest BCUT2D eigenvalue weighted by molar-refractivity contribution is 0.563. The fourth-order valence-electron chi connectivity index (χ4n) is 0.698. The fourth-order valence-corrected chi connectivity index (χ4v) is 0.698. The van der Waals surface area contributed by atoms with Crippen LogP contribution in [0.3, 0.4) is 0 Å². The minimum absolute atomic E-state index is 0.449. The van der Waals surface area contributed by atoms with Gasteiger partial charge in [-0.25, -0.2) is 0 Å². The van der Waals surface area contributed by atoms with Crippen LogP contribution in [0.1, 0.15) is 5.56 Å². The van der Waals surface area contributed by atoms with E-state index in [4.69, 9.17) is 5.84 Å². The normalized spacial score (nSPS) is 8.90. The quantitative estimate of drug-likeness (QED) is 0.456. The second kappa shape index (κ2) is 2.98. The molecule has 0 saturated carbocycles. The highest BCUT2D eigenvalue weighted by Gasteiger charge is 1.95. The average Bonchev–Trinajstić information content (AvgIpc) is 2.04. The molecule has 0 unspecified atom stereocenters. The Morgan fingerprint density at radius 3 is 2.60 bits per heavy atom. The largest absolute Gasteiger partial charge is 0.323 e. The van der Waals surface area contributed by atoms with E-state index in [1.54, 1.807) is 30.6 Å². The van der Waals surface area contributed by atoms with Crippen molar-refractivity contribution >= 4 is 12.0 Å². The fraction of sp³-hybridized carbons (Fsp3) is 0. The molecule has 51 valence electrons. The molecule has 0 spiro atoms. The number of benzene rings is 1. The van der Waals surface area contributed by atoms with E-state index in [1.165, 1.54) is 0 Å². The number of hydrogen-bond acceptors (Lipinski definition) is 3. The van der Waals surface area contributed by atoms with E-state index in [2.05, 4.69) is 5.43 Å². The van der Waals surface area contributed by atoms with Crippen LogP contribution in [-0.4, -0.2) is 6.29 Å². The Morgan fingerprint density at radius 2 is 2.10 bits per heavy atom. The highest BCUT2D eigenvalue weighted by molar-refractivity contribution is 5.84. The molecule has 1 radical (unpaired) electrons. The molecule has 3 heteroatoms. The molecule has 0 atom stereocenters. The van der Waals surface area contributed by atoms with Crippen molar-refractivity contribution in [3.63, 3.8) is 0 Å². The van der Waals surface area contributed by atoms with Gasteiger partial charge in [0, 0.05) is 0 Å². The summed E-state index contributed by atoms with van der Waals surface area (Å²) in [5.74, 6) is 5.10. The highest BCUT2D eigenvalue weighted by atomic mass is 16.1. The van der Waals surface area contributed by atoms with E-state index in [0.29, 0.717) is 11.3 Å². The lowest BCUT2D eigenvalue weighted by atomic mass is 10.2. The Labute approximate surface area is 58.8 Å². The van der Waals surface area contributed by atoms with Crippen LogP contribution in [0.5, 0.6) is 0 Å². The van der Waals surface area contributed by atoms with Crippen LogP contribution in [0.15, 0.2) is 24.3 Å². The zero-order chi connectivity index (χ0) is 7.40. The molecular weight excluding hydrogens is 128 g/mol. The van der Waals surface area contributed by atoms with E-state index in [0.717, 1.165) is 0 Å². The van der Waals surface area contributed by atoms with Crippen molar-refractivity contribution in [1.82, 2.24) is 0 Å².